The van der Waals surface area contributed by atoms with E-state index in [0.717, 1.165) is 26.1 Å². The molecule has 1 aliphatic rings. The third-order valence-electron chi connectivity index (χ3n) is 2.24. The van der Waals surface area contributed by atoms with Gasteiger partial charge >= 0.3 is 0 Å². The molecule has 0 radical (unpaired) electrons. The average molecular weight is 171 g/mol. The summed E-state index contributed by atoms with van der Waals surface area (Å²) in [4.78, 5) is 0. The fraction of sp³-hybridized carbons (Fsp3) is 0.875. The fourth-order valence-electron chi connectivity index (χ4n) is 1.53. The van der Waals surface area contributed by atoms with E-state index < -0.39 is 0 Å². The molecule has 12 heavy (non-hydrogen) atoms. The van der Waals surface area contributed by atoms with Crippen molar-refractivity contribution in [3.63, 3.8) is 0 Å². The summed E-state index contributed by atoms with van der Waals surface area (Å²) in [6.45, 7) is 4.49. The minimum Gasteiger partial charge on any atom is -0.387 e. The van der Waals surface area contributed by atoms with Crippen LogP contribution in [0, 0.1) is 11.3 Å². The molecule has 2 unspecified atom stereocenters. The number of nitrogens with two attached hydrogens (primary N) is 1. The Labute approximate surface area is 73.0 Å². The summed E-state index contributed by atoms with van der Waals surface area (Å²) in [5, 5.41) is 10.6. The van der Waals surface area contributed by atoms with E-state index in [1.807, 2.05) is 6.92 Å². The molecule has 4 N–H and O–H groups in total. The van der Waals surface area contributed by atoms with E-state index in [0.29, 0.717) is 0 Å². The van der Waals surface area contributed by atoms with Gasteiger partial charge in [0.1, 0.15) is 0 Å². The second-order valence-electron chi connectivity index (χ2n) is 3.08. The summed E-state index contributed by atoms with van der Waals surface area (Å²) in [5.74, 6) is 0.323. The van der Waals surface area contributed by atoms with Crippen LogP contribution in [0.4, 0.5) is 0 Å². The van der Waals surface area contributed by atoms with Crippen molar-refractivity contribution in [2.24, 2.45) is 11.7 Å². The fourth-order valence-corrected chi connectivity index (χ4v) is 1.53. The van der Waals surface area contributed by atoms with Gasteiger partial charge in [0, 0.05) is 19.0 Å². The molecule has 0 bridgehead atoms. The van der Waals surface area contributed by atoms with Gasteiger partial charge in [-0.15, -0.1) is 0 Å². The van der Waals surface area contributed by atoms with Gasteiger partial charge in [0.15, 0.2) is 0 Å². The number of morpholine rings is 1. The molecular formula is C8H17N3O. The first-order valence-electron chi connectivity index (χ1n) is 4.42. The number of amidine groups is 1. The molecule has 1 saturated heterocycles. The Bertz CT molecular complexity index is 154. The molecule has 4 nitrogen and oxygen atoms in total. The highest BCUT2D eigenvalue weighted by Crippen LogP contribution is 2.13. The van der Waals surface area contributed by atoms with Crippen molar-refractivity contribution in [1.82, 2.24) is 5.32 Å². The zero-order chi connectivity index (χ0) is 8.97. The lowest BCUT2D eigenvalue weighted by atomic mass is 9.97. The molecule has 4 heteroatoms. The van der Waals surface area contributed by atoms with Crippen LogP contribution in [0.15, 0.2) is 0 Å². The molecule has 1 heterocycles. The molecule has 0 spiro atoms. The first-order chi connectivity index (χ1) is 5.75. The molecule has 1 aliphatic heterocycles. The van der Waals surface area contributed by atoms with Crippen LogP contribution in [0.1, 0.15) is 13.3 Å². The van der Waals surface area contributed by atoms with E-state index >= 15 is 0 Å². The third-order valence-corrected chi connectivity index (χ3v) is 2.24. The lowest BCUT2D eigenvalue weighted by Gasteiger charge is -2.29. The number of ether oxygens (including phenoxy) is 1. The Hall–Kier alpha value is -0.610. The van der Waals surface area contributed by atoms with E-state index in [1.165, 1.54) is 0 Å². The highest BCUT2D eigenvalue weighted by atomic mass is 16.5. The van der Waals surface area contributed by atoms with Crippen molar-refractivity contribution >= 4 is 5.84 Å². The quantitative estimate of drug-likeness (QED) is 0.411. The van der Waals surface area contributed by atoms with Crippen LogP contribution in [0.2, 0.25) is 0 Å². The molecule has 0 aromatic heterocycles. The molecule has 2 atom stereocenters. The second-order valence-corrected chi connectivity index (χ2v) is 3.08. The van der Waals surface area contributed by atoms with E-state index in [1.54, 1.807) is 0 Å². The van der Waals surface area contributed by atoms with Crippen molar-refractivity contribution in [3.05, 3.63) is 0 Å². The van der Waals surface area contributed by atoms with Crippen molar-refractivity contribution in [2.45, 2.75) is 19.4 Å². The monoisotopic (exact) mass is 171 g/mol. The van der Waals surface area contributed by atoms with Gasteiger partial charge in [-0.05, 0) is 6.42 Å². The van der Waals surface area contributed by atoms with Gasteiger partial charge < -0.3 is 15.8 Å². The lowest BCUT2D eigenvalue weighted by Crippen LogP contribution is -2.46. The zero-order valence-electron chi connectivity index (χ0n) is 7.47. The predicted molar refractivity (Wildman–Crippen MR) is 48.3 cm³/mol. The molecule has 0 aliphatic carbocycles. The maximum absolute atomic E-state index is 7.36. The molecule has 1 rings (SSSR count). The molecule has 70 valence electrons. The van der Waals surface area contributed by atoms with Crippen LogP contribution in [-0.4, -0.2) is 31.6 Å². The van der Waals surface area contributed by atoms with Crippen molar-refractivity contribution in [2.75, 3.05) is 19.7 Å². The SMILES string of the molecule is CCC(C(=N)N)C1CNCCO1. The smallest absolute Gasteiger partial charge is 0.0963 e. The summed E-state index contributed by atoms with van der Waals surface area (Å²) in [6, 6.07) is 0. The number of hydrogen-bond donors (Lipinski definition) is 3. The molecule has 1 fully saturated rings. The first kappa shape index (κ1) is 9.48. The number of hydrogen-bond acceptors (Lipinski definition) is 3. The molecule has 0 aromatic rings. The maximum Gasteiger partial charge on any atom is 0.0963 e. The van der Waals surface area contributed by atoms with Crippen LogP contribution in [0.3, 0.4) is 0 Å². The molecule has 0 amide bonds. The van der Waals surface area contributed by atoms with Gasteiger partial charge in [0.2, 0.25) is 0 Å². The van der Waals surface area contributed by atoms with Crippen LogP contribution >= 0.6 is 0 Å². The third kappa shape index (κ3) is 2.19. The van der Waals surface area contributed by atoms with Crippen LogP contribution in [0.25, 0.3) is 0 Å². The molecular weight excluding hydrogens is 154 g/mol. The van der Waals surface area contributed by atoms with Crippen LogP contribution in [-0.2, 0) is 4.74 Å². The van der Waals surface area contributed by atoms with E-state index in [-0.39, 0.29) is 17.9 Å². The van der Waals surface area contributed by atoms with Gasteiger partial charge in [-0.3, -0.25) is 5.41 Å². The van der Waals surface area contributed by atoms with Crippen molar-refractivity contribution < 1.29 is 4.74 Å². The Morgan fingerprint density at radius 3 is 3.00 bits per heavy atom. The minimum atomic E-state index is 0.0813. The Morgan fingerprint density at radius 1 is 1.83 bits per heavy atom. The topological polar surface area (TPSA) is 71.1 Å². The summed E-state index contributed by atoms with van der Waals surface area (Å²) in [6.07, 6.45) is 0.975. The molecule has 0 saturated carbocycles. The van der Waals surface area contributed by atoms with Gasteiger partial charge in [-0.2, -0.15) is 0 Å². The normalized spacial score (nSPS) is 26.6. The highest BCUT2D eigenvalue weighted by molar-refractivity contribution is 5.80. The summed E-state index contributed by atoms with van der Waals surface area (Å²) in [5.41, 5.74) is 5.45. The average Bonchev–Trinajstić information content (AvgIpc) is 2.07. The Kier molecular flexibility index (Phi) is 3.49. The summed E-state index contributed by atoms with van der Waals surface area (Å²) >= 11 is 0. The summed E-state index contributed by atoms with van der Waals surface area (Å²) in [7, 11) is 0. The second kappa shape index (κ2) is 4.42. The van der Waals surface area contributed by atoms with E-state index in [4.69, 9.17) is 15.9 Å². The van der Waals surface area contributed by atoms with Gasteiger partial charge in [-0.25, -0.2) is 0 Å². The number of nitrogens with one attached hydrogen (secondary N) is 2. The largest absolute Gasteiger partial charge is 0.387 e. The molecule has 0 aromatic carbocycles. The summed E-state index contributed by atoms with van der Waals surface area (Å²) < 4.78 is 5.51. The maximum atomic E-state index is 7.36. The lowest BCUT2D eigenvalue weighted by molar-refractivity contribution is 0.00667. The van der Waals surface area contributed by atoms with Crippen molar-refractivity contribution in [1.29, 1.82) is 5.41 Å². The van der Waals surface area contributed by atoms with Crippen LogP contribution < -0.4 is 11.1 Å². The van der Waals surface area contributed by atoms with Crippen LogP contribution in [0.5, 0.6) is 0 Å². The Morgan fingerprint density at radius 2 is 2.58 bits per heavy atom. The van der Waals surface area contributed by atoms with Gasteiger partial charge in [0.25, 0.3) is 0 Å². The predicted octanol–water partition coefficient (Wildman–Crippen LogP) is -0.0630. The zero-order valence-corrected chi connectivity index (χ0v) is 7.47. The van der Waals surface area contributed by atoms with E-state index in [9.17, 15) is 0 Å². The minimum absolute atomic E-state index is 0.0813. The highest BCUT2D eigenvalue weighted by Gasteiger charge is 2.24. The Balaban J connectivity index is 2.46. The standard InChI is InChI=1S/C8H17N3O/c1-2-6(8(9)10)7-5-11-3-4-12-7/h6-7,11H,2-5H2,1H3,(H3,9,10). The van der Waals surface area contributed by atoms with Gasteiger partial charge in [0.05, 0.1) is 18.5 Å². The first-order valence-corrected chi connectivity index (χ1v) is 4.42. The van der Waals surface area contributed by atoms with Crippen molar-refractivity contribution in [3.8, 4) is 0 Å². The van der Waals surface area contributed by atoms with E-state index in [2.05, 4.69) is 5.32 Å². The van der Waals surface area contributed by atoms with Gasteiger partial charge in [-0.1, -0.05) is 6.92 Å². The number of rotatable bonds is 3.